The van der Waals surface area contributed by atoms with Gasteiger partial charge in [0, 0.05) is 29.3 Å². The van der Waals surface area contributed by atoms with E-state index in [2.05, 4.69) is 23.4 Å². The molecule has 27 heavy (non-hydrogen) atoms. The van der Waals surface area contributed by atoms with Crippen LogP contribution in [0.1, 0.15) is 22.3 Å². The van der Waals surface area contributed by atoms with Crippen LogP contribution >= 0.6 is 0 Å². The number of nitrogens with one attached hydrogen (secondary N) is 1. The smallest absolute Gasteiger partial charge is 0.224 e. The van der Waals surface area contributed by atoms with Gasteiger partial charge in [0.25, 0.3) is 0 Å². The highest BCUT2D eigenvalue weighted by atomic mass is 16.3. The van der Waals surface area contributed by atoms with Crippen LogP contribution in [0.4, 0.5) is 0 Å². The normalized spacial score (nSPS) is 11.0. The number of hydrogen-bond acceptors (Lipinski definition) is 3. The minimum Gasteiger partial charge on any atom is -0.464 e. The fraction of sp³-hybridized carbons (Fsp3) is 0.182. The molecule has 5 heteroatoms. The summed E-state index contributed by atoms with van der Waals surface area (Å²) in [6.07, 6.45) is 5.67. The third-order valence-corrected chi connectivity index (χ3v) is 4.84. The molecule has 0 bridgehead atoms. The zero-order valence-corrected chi connectivity index (χ0v) is 15.4. The van der Waals surface area contributed by atoms with Gasteiger partial charge >= 0.3 is 0 Å². The third-order valence-electron chi connectivity index (χ3n) is 4.84. The summed E-state index contributed by atoms with van der Waals surface area (Å²) in [5, 5.41) is 8.31. The van der Waals surface area contributed by atoms with Crippen LogP contribution in [-0.2, 0) is 17.8 Å². The van der Waals surface area contributed by atoms with Crippen LogP contribution in [0.25, 0.3) is 16.7 Å². The van der Waals surface area contributed by atoms with Gasteiger partial charge in [0.05, 0.1) is 24.6 Å². The zero-order valence-electron chi connectivity index (χ0n) is 15.4. The molecule has 0 aliphatic carbocycles. The fourth-order valence-corrected chi connectivity index (χ4v) is 3.13. The molecule has 0 aliphatic heterocycles. The summed E-state index contributed by atoms with van der Waals surface area (Å²) < 4.78 is 7.49. The van der Waals surface area contributed by atoms with Crippen molar-refractivity contribution in [3.63, 3.8) is 0 Å². The van der Waals surface area contributed by atoms with E-state index in [0.717, 1.165) is 33.3 Å². The van der Waals surface area contributed by atoms with Crippen molar-refractivity contribution in [1.82, 2.24) is 15.1 Å². The molecule has 2 heterocycles. The topological polar surface area (TPSA) is 60.1 Å². The van der Waals surface area contributed by atoms with Crippen molar-refractivity contribution in [3.8, 4) is 5.69 Å². The van der Waals surface area contributed by atoms with Crippen LogP contribution in [0.3, 0.4) is 0 Å². The van der Waals surface area contributed by atoms with E-state index in [1.807, 2.05) is 49.5 Å². The second-order valence-electron chi connectivity index (χ2n) is 6.73. The van der Waals surface area contributed by atoms with Gasteiger partial charge in [-0.3, -0.25) is 4.79 Å². The molecule has 4 rings (SSSR count). The van der Waals surface area contributed by atoms with Gasteiger partial charge in [-0.1, -0.05) is 30.3 Å². The van der Waals surface area contributed by atoms with Gasteiger partial charge in [0.15, 0.2) is 0 Å². The number of hydrogen-bond donors (Lipinski definition) is 1. The maximum absolute atomic E-state index is 12.4. The first-order chi connectivity index (χ1) is 13.1. The molecule has 136 valence electrons. The third kappa shape index (κ3) is 3.49. The van der Waals surface area contributed by atoms with Crippen LogP contribution in [0, 0.1) is 13.8 Å². The van der Waals surface area contributed by atoms with Crippen LogP contribution in [0.15, 0.2) is 65.5 Å². The summed E-state index contributed by atoms with van der Waals surface area (Å²) in [7, 11) is 0. The van der Waals surface area contributed by atoms with Gasteiger partial charge in [-0.2, -0.15) is 5.10 Å². The van der Waals surface area contributed by atoms with Crippen molar-refractivity contribution < 1.29 is 9.21 Å². The summed E-state index contributed by atoms with van der Waals surface area (Å²) in [6, 6.07) is 14.0. The second-order valence-corrected chi connectivity index (χ2v) is 6.73. The molecule has 0 atom stereocenters. The Morgan fingerprint density at radius 2 is 1.96 bits per heavy atom. The predicted octanol–water partition coefficient (Wildman–Crippen LogP) is 4.09. The highest BCUT2D eigenvalue weighted by molar-refractivity contribution is 5.89. The van der Waals surface area contributed by atoms with Gasteiger partial charge in [-0.25, -0.2) is 4.68 Å². The lowest BCUT2D eigenvalue weighted by molar-refractivity contribution is -0.120. The summed E-state index contributed by atoms with van der Waals surface area (Å²) in [4.78, 5) is 12.4. The number of furan rings is 1. The number of nitrogens with zero attached hydrogens (tertiary/aromatic N) is 2. The maximum atomic E-state index is 12.4. The Kier molecular flexibility index (Phi) is 4.50. The van der Waals surface area contributed by atoms with Gasteiger partial charge in [0.1, 0.15) is 5.58 Å². The van der Waals surface area contributed by atoms with E-state index in [-0.39, 0.29) is 5.91 Å². The van der Waals surface area contributed by atoms with E-state index in [0.29, 0.717) is 13.0 Å². The molecule has 0 saturated heterocycles. The number of para-hydroxylation sites is 1. The average Bonchev–Trinajstić information content (AvgIpc) is 3.31. The van der Waals surface area contributed by atoms with E-state index < -0.39 is 0 Å². The zero-order chi connectivity index (χ0) is 18.8. The average molecular weight is 359 g/mol. The lowest BCUT2D eigenvalue weighted by Crippen LogP contribution is -2.24. The molecule has 0 aliphatic rings. The van der Waals surface area contributed by atoms with E-state index in [1.54, 1.807) is 17.1 Å². The molecular weight excluding hydrogens is 338 g/mol. The number of carbonyl (C=O) groups excluding carboxylic acids is 1. The van der Waals surface area contributed by atoms with Crippen LogP contribution in [0.2, 0.25) is 0 Å². The monoisotopic (exact) mass is 359 g/mol. The van der Waals surface area contributed by atoms with Gasteiger partial charge in [-0.05, 0) is 37.1 Å². The number of benzene rings is 2. The molecule has 0 saturated carbocycles. The summed E-state index contributed by atoms with van der Waals surface area (Å²) in [5.41, 5.74) is 6.02. The Labute approximate surface area is 157 Å². The fourth-order valence-electron chi connectivity index (χ4n) is 3.13. The molecule has 4 aromatic rings. The van der Waals surface area contributed by atoms with Crippen LogP contribution in [-0.4, -0.2) is 15.7 Å². The minimum atomic E-state index is -0.0385. The summed E-state index contributed by atoms with van der Waals surface area (Å²) in [5.74, 6) is -0.0385. The molecular formula is C22H21N3O2. The Bertz CT molecular complexity index is 1090. The SMILES string of the molecule is Cc1ccc2c(CC(=O)NCc3cnn(-c4ccccc4)c3)coc2c1C. The molecule has 0 spiro atoms. The number of rotatable bonds is 5. The van der Waals surface area contributed by atoms with Crippen molar-refractivity contribution >= 4 is 16.9 Å². The van der Waals surface area contributed by atoms with Crippen LogP contribution < -0.4 is 5.32 Å². The standard InChI is InChI=1S/C22H21N3O2/c1-15-8-9-20-18(14-27-22(20)16(15)2)10-21(26)23-11-17-12-24-25(13-17)19-6-4-3-5-7-19/h3-9,12-14H,10-11H2,1-2H3,(H,23,26). The lowest BCUT2D eigenvalue weighted by atomic mass is 10.0. The summed E-state index contributed by atoms with van der Waals surface area (Å²) in [6.45, 7) is 4.54. The molecule has 1 N–H and O–H groups in total. The molecule has 0 fully saturated rings. The highest BCUT2D eigenvalue weighted by Crippen LogP contribution is 2.26. The first kappa shape index (κ1) is 17.1. The largest absolute Gasteiger partial charge is 0.464 e. The minimum absolute atomic E-state index is 0.0385. The predicted molar refractivity (Wildman–Crippen MR) is 105 cm³/mol. The molecule has 2 aromatic carbocycles. The Morgan fingerprint density at radius 3 is 2.78 bits per heavy atom. The van der Waals surface area contributed by atoms with E-state index in [9.17, 15) is 4.79 Å². The number of amides is 1. The summed E-state index contributed by atoms with van der Waals surface area (Å²) >= 11 is 0. The van der Waals surface area contributed by atoms with Gasteiger partial charge in [0.2, 0.25) is 5.91 Å². The Balaban J connectivity index is 1.41. The van der Waals surface area contributed by atoms with Crippen LogP contribution in [0.5, 0.6) is 0 Å². The first-order valence-corrected chi connectivity index (χ1v) is 8.94. The van der Waals surface area contributed by atoms with E-state index >= 15 is 0 Å². The van der Waals surface area contributed by atoms with Gasteiger partial charge in [-0.15, -0.1) is 0 Å². The quantitative estimate of drug-likeness (QED) is 0.584. The first-order valence-electron chi connectivity index (χ1n) is 8.94. The van der Waals surface area contributed by atoms with Crippen molar-refractivity contribution in [3.05, 3.63) is 83.4 Å². The molecule has 2 aromatic heterocycles. The Hall–Kier alpha value is -3.34. The van der Waals surface area contributed by atoms with E-state index in [1.165, 1.54) is 5.56 Å². The molecule has 0 radical (unpaired) electrons. The number of aryl methyl sites for hydroxylation is 2. The van der Waals surface area contributed by atoms with Crippen molar-refractivity contribution in [2.45, 2.75) is 26.8 Å². The Morgan fingerprint density at radius 1 is 1.15 bits per heavy atom. The maximum Gasteiger partial charge on any atom is 0.224 e. The van der Waals surface area contributed by atoms with Crippen molar-refractivity contribution in [1.29, 1.82) is 0 Å². The number of aromatic nitrogens is 2. The lowest BCUT2D eigenvalue weighted by Gasteiger charge is -2.04. The highest BCUT2D eigenvalue weighted by Gasteiger charge is 2.13. The molecule has 0 unspecified atom stereocenters. The van der Waals surface area contributed by atoms with Gasteiger partial charge < -0.3 is 9.73 Å². The molecule has 5 nitrogen and oxygen atoms in total. The number of fused-ring (bicyclic) bond motifs is 1. The van der Waals surface area contributed by atoms with Crippen molar-refractivity contribution in [2.75, 3.05) is 0 Å². The second kappa shape index (κ2) is 7.11. The van der Waals surface area contributed by atoms with E-state index in [4.69, 9.17) is 4.42 Å². The van der Waals surface area contributed by atoms with Crippen molar-refractivity contribution in [2.24, 2.45) is 0 Å². The molecule has 1 amide bonds. The number of carbonyl (C=O) groups is 1.